The lowest BCUT2D eigenvalue weighted by molar-refractivity contribution is -0.140. The standard InChI is InChI=1S/C23H25NO5/c1-4-29-18-11-9-17(10-12-18)21(25)19-20(16-7-5-15(2)6-8-16)24(13-14-28-3)23(27)22(19)26/h5-12,20,25H,4,13-14H2,1-3H3/t20-/m1/s1. The number of aryl methyl sites for hydroxylation is 1. The summed E-state index contributed by atoms with van der Waals surface area (Å²) in [5.74, 6) is -0.866. The molecule has 1 N–H and O–H groups in total. The zero-order valence-corrected chi connectivity index (χ0v) is 16.8. The smallest absolute Gasteiger partial charge is 0.295 e. The largest absolute Gasteiger partial charge is 0.507 e. The summed E-state index contributed by atoms with van der Waals surface area (Å²) >= 11 is 0. The molecule has 0 aromatic heterocycles. The minimum atomic E-state index is -0.696. The number of Topliss-reactive ketones (excluding diaryl/α,β-unsaturated/α-hetero) is 1. The molecule has 6 nitrogen and oxygen atoms in total. The molecule has 29 heavy (non-hydrogen) atoms. The number of likely N-dealkylation sites (tertiary alicyclic amines) is 1. The van der Waals surface area contributed by atoms with Crippen molar-refractivity contribution in [3.63, 3.8) is 0 Å². The average Bonchev–Trinajstić information content (AvgIpc) is 2.98. The molecule has 6 heteroatoms. The Morgan fingerprint density at radius 1 is 1.07 bits per heavy atom. The number of hydrogen-bond donors (Lipinski definition) is 1. The van der Waals surface area contributed by atoms with Crippen LogP contribution in [0.5, 0.6) is 5.75 Å². The fourth-order valence-electron chi connectivity index (χ4n) is 3.43. The van der Waals surface area contributed by atoms with E-state index in [1.807, 2.05) is 38.1 Å². The minimum Gasteiger partial charge on any atom is -0.507 e. The number of ether oxygens (including phenoxy) is 2. The number of carbonyl (C=O) groups excluding carboxylic acids is 2. The van der Waals surface area contributed by atoms with Crippen LogP contribution in [-0.2, 0) is 14.3 Å². The van der Waals surface area contributed by atoms with Gasteiger partial charge in [0.15, 0.2) is 0 Å². The maximum Gasteiger partial charge on any atom is 0.295 e. The monoisotopic (exact) mass is 395 g/mol. The van der Waals surface area contributed by atoms with Gasteiger partial charge >= 0.3 is 0 Å². The zero-order chi connectivity index (χ0) is 21.0. The number of aliphatic hydroxyl groups excluding tert-OH is 1. The first-order valence-corrected chi connectivity index (χ1v) is 9.55. The highest BCUT2D eigenvalue weighted by molar-refractivity contribution is 6.46. The molecule has 1 fully saturated rings. The molecule has 0 spiro atoms. The maximum atomic E-state index is 12.8. The van der Waals surface area contributed by atoms with Gasteiger partial charge in [-0.1, -0.05) is 29.8 Å². The van der Waals surface area contributed by atoms with Crippen LogP contribution in [0.2, 0.25) is 0 Å². The van der Waals surface area contributed by atoms with Gasteiger partial charge in [-0.15, -0.1) is 0 Å². The number of hydrogen-bond acceptors (Lipinski definition) is 5. The van der Waals surface area contributed by atoms with Crippen molar-refractivity contribution in [2.45, 2.75) is 19.9 Å². The van der Waals surface area contributed by atoms with Crippen LogP contribution in [0.25, 0.3) is 5.76 Å². The van der Waals surface area contributed by atoms with Gasteiger partial charge in [0.2, 0.25) is 0 Å². The minimum absolute atomic E-state index is 0.0825. The summed E-state index contributed by atoms with van der Waals surface area (Å²) in [4.78, 5) is 27.0. The Balaban J connectivity index is 2.09. The Morgan fingerprint density at radius 3 is 2.31 bits per heavy atom. The summed E-state index contributed by atoms with van der Waals surface area (Å²) in [5, 5.41) is 11.0. The van der Waals surface area contributed by atoms with Crippen LogP contribution in [0.1, 0.15) is 29.7 Å². The molecule has 1 heterocycles. The normalized spacial score (nSPS) is 18.3. The number of carbonyl (C=O) groups is 2. The Hall–Kier alpha value is -3.12. The fraction of sp³-hybridized carbons (Fsp3) is 0.304. The molecule has 0 aliphatic carbocycles. The quantitative estimate of drug-likeness (QED) is 0.441. The number of ketones is 1. The molecule has 0 radical (unpaired) electrons. The summed E-state index contributed by atoms with van der Waals surface area (Å²) in [5.41, 5.74) is 2.36. The SMILES string of the molecule is CCOc1ccc(C(O)=C2C(=O)C(=O)N(CCOC)[C@@H]2c2ccc(C)cc2)cc1. The summed E-state index contributed by atoms with van der Waals surface area (Å²) < 4.78 is 10.5. The third kappa shape index (κ3) is 4.17. The highest BCUT2D eigenvalue weighted by Crippen LogP contribution is 2.39. The molecule has 0 bridgehead atoms. The van der Waals surface area contributed by atoms with Crippen LogP contribution in [0.3, 0.4) is 0 Å². The van der Waals surface area contributed by atoms with Crippen molar-refractivity contribution in [1.82, 2.24) is 4.90 Å². The van der Waals surface area contributed by atoms with Crippen molar-refractivity contribution < 1.29 is 24.2 Å². The molecular weight excluding hydrogens is 370 g/mol. The van der Waals surface area contributed by atoms with E-state index >= 15 is 0 Å². The molecule has 1 aliphatic heterocycles. The van der Waals surface area contributed by atoms with Crippen LogP contribution < -0.4 is 4.74 Å². The summed E-state index contributed by atoms with van der Waals surface area (Å²) in [6.07, 6.45) is 0. The van der Waals surface area contributed by atoms with Gasteiger partial charge in [-0.05, 0) is 43.7 Å². The lowest BCUT2D eigenvalue weighted by atomic mass is 9.94. The van der Waals surface area contributed by atoms with Gasteiger partial charge in [-0.3, -0.25) is 9.59 Å². The Kier molecular flexibility index (Phi) is 6.34. The number of rotatable bonds is 7. The second kappa shape index (κ2) is 8.92. The lowest BCUT2D eigenvalue weighted by Crippen LogP contribution is -2.32. The number of benzene rings is 2. The van der Waals surface area contributed by atoms with Crippen LogP contribution in [0, 0.1) is 6.92 Å². The molecule has 3 rings (SSSR count). The molecule has 2 aromatic carbocycles. The molecule has 1 amide bonds. The predicted molar refractivity (Wildman–Crippen MR) is 110 cm³/mol. The fourth-order valence-corrected chi connectivity index (χ4v) is 3.43. The molecule has 1 saturated heterocycles. The van der Waals surface area contributed by atoms with Crippen LogP contribution in [0.15, 0.2) is 54.1 Å². The number of aliphatic hydroxyl groups is 1. The highest BCUT2D eigenvalue weighted by atomic mass is 16.5. The van der Waals surface area contributed by atoms with Gasteiger partial charge in [-0.25, -0.2) is 0 Å². The summed E-state index contributed by atoms with van der Waals surface area (Å²) in [6, 6.07) is 13.7. The van der Waals surface area contributed by atoms with Gasteiger partial charge in [-0.2, -0.15) is 0 Å². The molecule has 152 valence electrons. The summed E-state index contributed by atoms with van der Waals surface area (Å²) in [6.45, 7) is 4.92. The first-order chi connectivity index (χ1) is 14.0. The molecule has 1 atom stereocenters. The van der Waals surface area contributed by atoms with E-state index in [0.29, 0.717) is 24.5 Å². The molecule has 1 aliphatic rings. The third-order valence-electron chi connectivity index (χ3n) is 4.91. The number of amides is 1. The van der Waals surface area contributed by atoms with Crippen molar-refractivity contribution >= 4 is 17.4 Å². The second-order valence-electron chi connectivity index (χ2n) is 6.85. The first-order valence-electron chi connectivity index (χ1n) is 9.55. The van der Waals surface area contributed by atoms with Crippen LogP contribution >= 0.6 is 0 Å². The first kappa shape index (κ1) is 20.6. The van der Waals surface area contributed by atoms with E-state index in [0.717, 1.165) is 11.1 Å². The zero-order valence-electron chi connectivity index (χ0n) is 16.8. The van der Waals surface area contributed by atoms with E-state index in [9.17, 15) is 14.7 Å². The Bertz CT molecular complexity index is 915. The van der Waals surface area contributed by atoms with Gasteiger partial charge in [0.1, 0.15) is 11.5 Å². The molecule has 0 unspecified atom stereocenters. The van der Waals surface area contributed by atoms with Crippen molar-refractivity contribution in [2.75, 3.05) is 26.9 Å². The van der Waals surface area contributed by atoms with E-state index in [4.69, 9.17) is 9.47 Å². The van der Waals surface area contributed by atoms with E-state index in [-0.39, 0.29) is 17.9 Å². The molecule has 2 aromatic rings. The maximum absolute atomic E-state index is 12.8. The van der Waals surface area contributed by atoms with Crippen molar-refractivity contribution in [3.05, 3.63) is 70.8 Å². The highest BCUT2D eigenvalue weighted by Gasteiger charge is 2.45. The van der Waals surface area contributed by atoms with Gasteiger partial charge < -0.3 is 19.5 Å². The van der Waals surface area contributed by atoms with Gasteiger partial charge in [0.25, 0.3) is 11.7 Å². The third-order valence-corrected chi connectivity index (χ3v) is 4.91. The van der Waals surface area contributed by atoms with E-state index in [1.165, 1.54) is 12.0 Å². The number of methoxy groups -OCH3 is 1. The Labute approximate surface area is 170 Å². The lowest BCUT2D eigenvalue weighted by Gasteiger charge is -2.25. The predicted octanol–water partition coefficient (Wildman–Crippen LogP) is 3.46. The molecular formula is C23H25NO5. The average molecular weight is 395 g/mol. The summed E-state index contributed by atoms with van der Waals surface area (Å²) in [7, 11) is 1.54. The molecule has 0 saturated carbocycles. The van der Waals surface area contributed by atoms with Crippen molar-refractivity contribution in [3.8, 4) is 5.75 Å². The topological polar surface area (TPSA) is 76.1 Å². The van der Waals surface area contributed by atoms with E-state index in [1.54, 1.807) is 24.3 Å². The number of nitrogens with zero attached hydrogens (tertiary/aromatic N) is 1. The van der Waals surface area contributed by atoms with Crippen LogP contribution in [0.4, 0.5) is 0 Å². The van der Waals surface area contributed by atoms with E-state index in [2.05, 4.69) is 0 Å². The van der Waals surface area contributed by atoms with Gasteiger partial charge in [0, 0.05) is 19.2 Å². The Morgan fingerprint density at radius 2 is 1.72 bits per heavy atom. The van der Waals surface area contributed by atoms with Crippen molar-refractivity contribution in [2.24, 2.45) is 0 Å². The van der Waals surface area contributed by atoms with Gasteiger partial charge in [0.05, 0.1) is 24.8 Å². The second-order valence-corrected chi connectivity index (χ2v) is 6.85. The van der Waals surface area contributed by atoms with E-state index < -0.39 is 17.7 Å². The van der Waals surface area contributed by atoms with Crippen LogP contribution in [-0.4, -0.2) is 48.6 Å². The van der Waals surface area contributed by atoms with Crippen molar-refractivity contribution in [1.29, 1.82) is 0 Å².